The number of alkyl halides is 3. The van der Waals surface area contributed by atoms with Crippen LogP contribution in [0.5, 0.6) is 5.75 Å². The molecule has 3 aliphatic carbocycles. The fraction of sp³-hybridized carbons (Fsp3) is 0.690. The van der Waals surface area contributed by atoms with Crippen LogP contribution >= 0.6 is 0 Å². The second-order valence-corrected chi connectivity index (χ2v) is 11.0. The van der Waals surface area contributed by atoms with E-state index in [4.69, 9.17) is 4.74 Å². The minimum Gasteiger partial charge on any atom is -0.426 e. The third-order valence-electron chi connectivity index (χ3n) is 8.99. The van der Waals surface area contributed by atoms with Gasteiger partial charge in [0.05, 0.1) is 11.5 Å². The van der Waals surface area contributed by atoms with E-state index in [0.29, 0.717) is 18.1 Å². The molecule has 0 spiro atoms. The predicted molar refractivity (Wildman–Crippen MR) is 128 cm³/mol. The molecule has 0 aromatic heterocycles. The second kappa shape index (κ2) is 11.5. The van der Waals surface area contributed by atoms with Gasteiger partial charge in [-0.2, -0.15) is 13.2 Å². The molecule has 0 radical (unpaired) electrons. The maximum atomic E-state index is 13.9. The van der Waals surface area contributed by atoms with Crippen LogP contribution in [0.25, 0.3) is 0 Å². The Morgan fingerprint density at radius 1 is 1.00 bits per heavy atom. The van der Waals surface area contributed by atoms with Crippen molar-refractivity contribution in [3.8, 4) is 5.75 Å². The van der Waals surface area contributed by atoms with Crippen LogP contribution in [0.15, 0.2) is 30.4 Å². The largest absolute Gasteiger partial charge is 0.426 e. The van der Waals surface area contributed by atoms with E-state index in [-0.39, 0.29) is 17.6 Å². The molecule has 0 N–H and O–H groups in total. The summed E-state index contributed by atoms with van der Waals surface area (Å²) in [6.07, 6.45) is 13.6. The van der Waals surface area contributed by atoms with Gasteiger partial charge in [-0.3, -0.25) is 4.79 Å². The zero-order valence-corrected chi connectivity index (χ0v) is 20.7. The van der Waals surface area contributed by atoms with Gasteiger partial charge < -0.3 is 4.74 Å². The normalized spacial score (nSPS) is 31.8. The van der Waals surface area contributed by atoms with Crippen LogP contribution in [-0.4, -0.2) is 5.97 Å². The highest BCUT2D eigenvalue weighted by atomic mass is 19.4. The third kappa shape index (κ3) is 6.48. The molecule has 0 bridgehead atoms. The Morgan fingerprint density at radius 2 is 1.74 bits per heavy atom. The Morgan fingerprint density at radius 3 is 2.43 bits per heavy atom. The van der Waals surface area contributed by atoms with Gasteiger partial charge in [-0.05, 0) is 100 Å². The first kappa shape index (κ1) is 26.2. The minimum atomic E-state index is -4.77. The summed E-state index contributed by atoms with van der Waals surface area (Å²) >= 11 is 0. The van der Waals surface area contributed by atoms with Crippen LogP contribution in [0.4, 0.5) is 17.6 Å². The molecule has 1 aromatic rings. The van der Waals surface area contributed by atoms with Crippen molar-refractivity contribution in [3.05, 3.63) is 41.7 Å². The smallest absolute Gasteiger partial charge is 0.419 e. The van der Waals surface area contributed by atoms with Crippen molar-refractivity contribution in [2.75, 3.05) is 0 Å². The molecule has 4 atom stereocenters. The molecule has 4 unspecified atom stereocenters. The molecule has 0 aliphatic heterocycles. The van der Waals surface area contributed by atoms with E-state index in [1.807, 2.05) is 0 Å². The lowest BCUT2D eigenvalue weighted by Gasteiger charge is -2.46. The maximum Gasteiger partial charge on any atom is 0.419 e. The van der Waals surface area contributed by atoms with E-state index in [1.54, 1.807) is 0 Å². The topological polar surface area (TPSA) is 26.3 Å². The molecule has 6 heteroatoms. The fourth-order valence-electron chi connectivity index (χ4n) is 7.15. The number of ether oxygens (including phenoxy) is 1. The molecule has 35 heavy (non-hydrogen) atoms. The highest BCUT2D eigenvalue weighted by Crippen LogP contribution is 2.50. The van der Waals surface area contributed by atoms with Gasteiger partial charge in [0.2, 0.25) is 0 Å². The van der Waals surface area contributed by atoms with Crippen molar-refractivity contribution >= 4 is 5.97 Å². The summed E-state index contributed by atoms with van der Waals surface area (Å²) in [4.78, 5) is 13.0. The Balaban J connectivity index is 1.31. The Hall–Kier alpha value is -1.85. The lowest BCUT2D eigenvalue weighted by atomic mass is 9.59. The Kier molecular flexibility index (Phi) is 8.59. The summed E-state index contributed by atoms with van der Waals surface area (Å²) in [6.45, 7) is 2.08. The average molecular weight is 495 g/mol. The van der Waals surface area contributed by atoms with Crippen molar-refractivity contribution in [1.29, 1.82) is 0 Å². The molecule has 0 heterocycles. The van der Waals surface area contributed by atoms with Gasteiger partial charge in [0.25, 0.3) is 0 Å². The third-order valence-corrected chi connectivity index (χ3v) is 8.99. The maximum absolute atomic E-state index is 13.9. The number of benzene rings is 1. The average Bonchev–Trinajstić information content (AvgIpc) is 2.83. The standard InChI is InChI=1S/C29H38F4O2/c1-2-3-4-6-19-9-11-20(12-10-19)21-13-15-24-22(17-21)7-5-8-25(24)28(34)35-23-14-16-26(27(30)18-23)29(31,32)33/h2-3,14,16,18-22,24-25H,4-13,15,17H2,1H3/b3-2+. The van der Waals surface area contributed by atoms with E-state index < -0.39 is 23.5 Å². The lowest BCUT2D eigenvalue weighted by Crippen LogP contribution is -2.40. The summed E-state index contributed by atoms with van der Waals surface area (Å²) in [5.41, 5.74) is -1.35. The summed E-state index contributed by atoms with van der Waals surface area (Å²) in [6, 6.07) is 2.35. The number of allylic oxidation sites excluding steroid dienone is 2. The van der Waals surface area contributed by atoms with E-state index in [0.717, 1.165) is 55.9 Å². The zero-order chi connectivity index (χ0) is 25.0. The molecular formula is C29H38F4O2. The van der Waals surface area contributed by atoms with Crippen LogP contribution in [-0.2, 0) is 11.0 Å². The number of carbonyl (C=O) groups is 1. The second-order valence-electron chi connectivity index (χ2n) is 11.0. The molecular weight excluding hydrogens is 456 g/mol. The lowest BCUT2D eigenvalue weighted by molar-refractivity contribution is -0.144. The van der Waals surface area contributed by atoms with Gasteiger partial charge in [-0.1, -0.05) is 37.8 Å². The van der Waals surface area contributed by atoms with E-state index in [2.05, 4.69) is 19.1 Å². The number of hydrogen-bond donors (Lipinski definition) is 0. The first-order valence-corrected chi connectivity index (χ1v) is 13.5. The highest BCUT2D eigenvalue weighted by Gasteiger charge is 2.43. The van der Waals surface area contributed by atoms with Crippen LogP contribution < -0.4 is 4.74 Å². The van der Waals surface area contributed by atoms with E-state index >= 15 is 0 Å². The van der Waals surface area contributed by atoms with E-state index in [9.17, 15) is 22.4 Å². The number of hydrogen-bond acceptors (Lipinski definition) is 2. The molecule has 3 saturated carbocycles. The van der Waals surface area contributed by atoms with Crippen molar-refractivity contribution in [2.45, 2.75) is 90.1 Å². The van der Waals surface area contributed by atoms with Gasteiger partial charge in [0, 0.05) is 6.07 Å². The molecule has 3 fully saturated rings. The Bertz CT molecular complexity index is 885. The van der Waals surface area contributed by atoms with Crippen LogP contribution in [0.2, 0.25) is 0 Å². The van der Waals surface area contributed by atoms with E-state index in [1.165, 1.54) is 44.9 Å². The molecule has 0 saturated heterocycles. The number of rotatable bonds is 6. The predicted octanol–water partition coefficient (Wildman–Crippen LogP) is 8.75. The van der Waals surface area contributed by atoms with Crippen molar-refractivity contribution in [1.82, 2.24) is 0 Å². The summed E-state index contributed by atoms with van der Waals surface area (Å²) in [5.74, 6) is 0.955. The fourth-order valence-corrected chi connectivity index (χ4v) is 7.15. The first-order chi connectivity index (χ1) is 16.8. The molecule has 0 amide bonds. The molecule has 1 aromatic carbocycles. The SMILES string of the molecule is C/C=C/CCC1CCC(C2CCC3C(CCCC3C(=O)Oc3ccc(C(F)(F)F)c(F)c3)C2)CC1. The van der Waals surface area contributed by atoms with Gasteiger partial charge in [-0.25, -0.2) is 4.39 Å². The minimum absolute atomic E-state index is 0.150. The first-order valence-electron chi connectivity index (χ1n) is 13.5. The summed E-state index contributed by atoms with van der Waals surface area (Å²) < 4.78 is 57.8. The molecule has 3 aliphatic rings. The van der Waals surface area contributed by atoms with Crippen molar-refractivity contribution in [2.24, 2.45) is 35.5 Å². The van der Waals surface area contributed by atoms with Gasteiger partial charge >= 0.3 is 12.1 Å². The van der Waals surface area contributed by atoms with Crippen LogP contribution in [0.1, 0.15) is 89.5 Å². The number of fused-ring (bicyclic) bond motifs is 1. The number of halogens is 4. The number of esters is 1. The highest BCUT2D eigenvalue weighted by molar-refractivity contribution is 5.75. The summed E-state index contributed by atoms with van der Waals surface area (Å²) in [7, 11) is 0. The van der Waals surface area contributed by atoms with Crippen LogP contribution in [0, 0.1) is 41.3 Å². The Labute approximate surface area is 206 Å². The zero-order valence-electron chi connectivity index (χ0n) is 20.7. The van der Waals surface area contributed by atoms with Crippen molar-refractivity contribution < 1.29 is 27.1 Å². The quantitative estimate of drug-likeness (QED) is 0.171. The summed E-state index contributed by atoms with van der Waals surface area (Å²) in [5, 5.41) is 0. The van der Waals surface area contributed by atoms with Gasteiger partial charge in [0.1, 0.15) is 11.6 Å². The van der Waals surface area contributed by atoms with Gasteiger partial charge in [-0.15, -0.1) is 0 Å². The van der Waals surface area contributed by atoms with Crippen molar-refractivity contribution in [3.63, 3.8) is 0 Å². The monoisotopic (exact) mass is 494 g/mol. The number of carbonyl (C=O) groups excluding carboxylic acids is 1. The molecule has 4 rings (SSSR count). The molecule has 194 valence electrons. The van der Waals surface area contributed by atoms with Gasteiger partial charge in [0.15, 0.2) is 0 Å². The molecule has 2 nitrogen and oxygen atoms in total. The van der Waals surface area contributed by atoms with Crippen LogP contribution in [0.3, 0.4) is 0 Å².